The molecular formula is C7H13IN2O2. The molecule has 4 nitrogen and oxygen atoms in total. The van der Waals surface area contributed by atoms with Gasteiger partial charge in [0.2, 0.25) is 5.91 Å². The number of nitrogens with zero attached hydrogens (tertiary/aromatic N) is 1. The van der Waals surface area contributed by atoms with Crippen molar-refractivity contribution in [3.8, 4) is 0 Å². The van der Waals surface area contributed by atoms with Crippen LogP contribution in [0.4, 0.5) is 0 Å². The Morgan fingerprint density at radius 2 is 2.17 bits per heavy atom. The lowest BCUT2D eigenvalue weighted by atomic mass is 10.1. The van der Waals surface area contributed by atoms with E-state index in [0.29, 0.717) is 6.10 Å². The number of nitrogens with two attached hydrogens (primary N) is 1. The predicted octanol–water partition coefficient (Wildman–Crippen LogP) is 0.303. The van der Waals surface area contributed by atoms with Crippen molar-refractivity contribution in [2.75, 3.05) is 19.6 Å². The Morgan fingerprint density at radius 1 is 1.58 bits per heavy atom. The van der Waals surface area contributed by atoms with Gasteiger partial charge in [0.25, 0.3) is 0 Å². The molecule has 1 fully saturated rings. The first kappa shape index (κ1) is 10.2. The number of amides is 1. The minimum atomic E-state index is 0.0434. The molecule has 1 saturated heterocycles. The van der Waals surface area contributed by atoms with Gasteiger partial charge >= 0.3 is 0 Å². The zero-order valence-corrected chi connectivity index (χ0v) is 8.99. The van der Waals surface area contributed by atoms with Gasteiger partial charge in [-0.15, -0.1) is 0 Å². The minimum absolute atomic E-state index is 0.0434. The zero-order chi connectivity index (χ0) is 8.97. The van der Waals surface area contributed by atoms with E-state index in [4.69, 9.17) is 8.80 Å². The Kier molecular flexibility index (Phi) is 4.24. The fourth-order valence-electron chi connectivity index (χ4n) is 1.32. The largest absolute Gasteiger partial charge is 0.341 e. The van der Waals surface area contributed by atoms with E-state index in [2.05, 4.69) is 0 Å². The summed E-state index contributed by atoms with van der Waals surface area (Å²) < 4.78 is 5.15. The van der Waals surface area contributed by atoms with E-state index in [1.165, 1.54) is 0 Å². The summed E-state index contributed by atoms with van der Waals surface area (Å²) in [6.07, 6.45) is 2.16. The van der Waals surface area contributed by atoms with Gasteiger partial charge in [-0.05, 0) is 12.8 Å². The first-order valence-electron chi connectivity index (χ1n) is 4.03. The molecule has 5 heteroatoms. The van der Waals surface area contributed by atoms with E-state index in [1.807, 2.05) is 23.0 Å². The van der Waals surface area contributed by atoms with E-state index in [-0.39, 0.29) is 12.5 Å². The summed E-state index contributed by atoms with van der Waals surface area (Å²) in [4.78, 5) is 12.9. The maximum Gasteiger partial charge on any atom is 0.236 e. The third kappa shape index (κ3) is 2.56. The first-order valence-corrected chi connectivity index (χ1v) is 4.91. The van der Waals surface area contributed by atoms with Crippen LogP contribution in [0.3, 0.4) is 0 Å². The SMILES string of the molecule is NCC(=O)N1CCC(OI)CC1. The van der Waals surface area contributed by atoms with Crippen LogP contribution in [0, 0.1) is 0 Å². The fraction of sp³-hybridized carbons (Fsp3) is 0.857. The molecule has 1 rings (SSSR count). The van der Waals surface area contributed by atoms with E-state index in [9.17, 15) is 4.79 Å². The van der Waals surface area contributed by atoms with Crippen LogP contribution in [0.5, 0.6) is 0 Å². The molecule has 0 atom stereocenters. The molecule has 0 bridgehead atoms. The number of hydrogen-bond acceptors (Lipinski definition) is 3. The topological polar surface area (TPSA) is 55.6 Å². The van der Waals surface area contributed by atoms with E-state index in [0.717, 1.165) is 25.9 Å². The van der Waals surface area contributed by atoms with Gasteiger partial charge in [0.05, 0.1) is 12.6 Å². The molecule has 0 aromatic heterocycles. The normalized spacial score (nSPS) is 19.7. The quantitative estimate of drug-likeness (QED) is 0.742. The summed E-state index contributed by atoms with van der Waals surface area (Å²) in [7, 11) is 0. The lowest BCUT2D eigenvalue weighted by Gasteiger charge is -2.30. The molecule has 0 spiro atoms. The molecule has 1 aliphatic rings. The van der Waals surface area contributed by atoms with Gasteiger partial charge in [-0.3, -0.25) is 4.79 Å². The Hall–Kier alpha value is 0.120. The number of hydrogen-bond donors (Lipinski definition) is 1. The minimum Gasteiger partial charge on any atom is -0.341 e. The second kappa shape index (κ2) is 4.98. The van der Waals surface area contributed by atoms with Crippen molar-refractivity contribution in [3.63, 3.8) is 0 Å². The molecule has 1 heterocycles. The van der Waals surface area contributed by atoms with Crippen LogP contribution < -0.4 is 5.73 Å². The molecule has 0 aromatic rings. The summed E-state index contributed by atoms with van der Waals surface area (Å²) in [5.41, 5.74) is 5.25. The van der Waals surface area contributed by atoms with Crippen molar-refractivity contribution in [1.29, 1.82) is 0 Å². The molecular weight excluding hydrogens is 271 g/mol. The van der Waals surface area contributed by atoms with Crippen molar-refractivity contribution in [1.82, 2.24) is 4.90 Å². The van der Waals surface area contributed by atoms with Crippen molar-refractivity contribution >= 4 is 28.9 Å². The third-order valence-electron chi connectivity index (χ3n) is 2.10. The van der Waals surface area contributed by atoms with Gasteiger partial charge in [-0.25, -0.2) is 0 Å². The summed E-state index contributed by atoms with van der Waals surface area (Å²) in [6, 6.07) is 0. The second-order valence-corrected chi connectivity index (χ2v) is 3.38. The van der Waals surface area contributed by atoms with Gasteiger partial charge in [-0.1, -0.05) is 0 Å². The van der Waals surface area contributed by atoms with E-state index in [1.54, 1.807) is 4.90 Å². The van der Waals surface area contributed by atoms with Gasteiger partial charge in [-0.2, -0.15) is 0 Å². The Balaban J connectivity index is 2.30. The summed E-state index contributed by atoms with van der Waals surface area (Å²) >= 11 is 1.91. The molecule has 1 aliphatic heterocycles. The first-order chi connectivity index (χ1) is 5.77. The average Bonchev–Trinajstić information content (AvgIpc) is 2.17. The van der Waals surface area contributed by atoms with Crippen LogP contribution in [0.25, 0.3) is 0 Å². The van der Waals surface area contributed by atoms with Gasteiger partial charge in [0.15, 0.2) is 0 Å². The predicted molar refractivity (Wildman–Crippen MR) is 53.8 cm³/mol. The molecule has 0 aromatic carbocycles. The number of halogens is 1. The van der Waals surface area contributed by atoms with Crippen LogP contribution in [0.15, 0.2) is 0 Å². The Morgan fingerprint density at radius 3 is 2.58 bits per heavy atom. The van der Waals surface area contributed by atoms with Crippen molar-refractivity contribution in [3.05, 3.63) is 0 Å². The number of piperidine rings is 1. The molecule has 0 radical (unpaired) electrons. The smallest absolute Gasteiger partial charge is 0.236 e. The third-order valence-corrected chi connectivity index (χ3v) is 2.81. The van der Waals surface area contributed by atoms with Gasteiger partial charge < -0.3 is 13.7 Å². The van der Waals surface area contributed by atoms with E-state index < -0.39 is 0 Å². The highest BCUT2D eigenvalue weighted by Crippen LogP contribution is 2.15. The molecule has 2 N–H and O–H groups in total. The Bertz CT molecular complexity index is 157. The monoisotopic (exact) mass is 284 g/mol. The molecule has 1 amide bonds. The van der Waals surface area contributed by atoms with Gasteiger partial charge in [0.1, 0.15) is 23.0 Å². The van der Waals surface area contributed by atoms with Crippen LogP contribution in [0.2, 0.25) is 0 Å². The second-order valence-electron chi connectivity index (χ2n) is 2.87. The molecule has 12 heavy (non-hydrogen) atoms. The maximum absolute atomic E-state index is 11.1. The fourth-order valence-corrected chi connectivity index (χ4v) is 1.83. The maximum atomic E-state index is 11.1. The molecule has 0 saturated carbocycles. The summed E-state index contributed by atoms with van der Waals surface area (Å²) in [6.45, 7) is 1.68. The van der Waals surface area contributed by atoms with Crippen LogP contribution in [-0.4, -0.2) is 36.5 Å². The van der Waals surface area contributed by atoms with Crippen LogP contribution in [-0.2, 0) is 7.86 Å². The van der Waals surface area contributed by atoms with Gasteiger partial charge in [0, 0.05) is 13.1 Å². The standard InChI is InChI=1S/C7H13IN2O2/c8-12-6-1-3-10(4-2-6)7(11)5-9/h6H,1-5,9H2. The van der Waals surface area contributed by atoms with E-state index >= 15 is 0 Å². The highest BCUT2D eigenvalue weighted by molar-refractivity contribution is 14.1. The lowest BCUT2D eigenvalue weighted by molar-refractivity contribution is -0.131. The highest BCUT2D eigenvalue weighted by Gasteiger charge is 2.21. The van der Waals surface area contributed by atoms with Crippen molar-refractivity contribution in [2.45, 2.75) is 18.9 Å². The number of rotatable bonds is 2. The number of likely N-dealkylation sites (tertiary alicyclic amines) is 1. The van der Waals surface area contributed by atoms with Crippen molar-refractivity contribution < 1.29 is 7.86 Å². The molecule has 70 valence electrons. The van der Waals surface area contributed by atoms with Crippen LogP contribution >= 0.6 is 23.0 Å². The molecule has 0 aliphatic carbocycles. The molecule has 0 unspecified atom stereocenters. The number of carbonyl (C=O) groups excluding carboxylic acids is 1. The zero-order valence-electron chi connectivity index (χ0n) is 6.83. The lowest BCUT2D eigenvalue weighted by Crippen LogP contribution is -2.43. The number of carbonyl (C=O) groups is 1. The highest BCUT2D eigenvalue weighted by atomic mass is 127. The Labute approximate surface area is 86.1 Å². The summed E-state index contributed by atoms with van der Waals surface area (Å²) in [5, 5.41) is 0. The summed E-state index contributed by atoms with van der Waals surface area (Å²) in [5.74, 6) is 0.0434. The van der Waals surface area contributed by atoms with Crippen LogP contribution in [0.1, 0.15) is 12.8 Å². The van der Waals surface area contributed by atoms with Crippen molar-refractivity contribution in [2.24, 2.45) is 5.73 Å². The average molecular weight is 284 g/mol.